The van der Waals surface area contributed by atoms with Gasteiger partial charge in [0, 0.05) is 30.3 Å². The molecule has 3 rings (SSSR count). The lowest BCUT2D eigenvalue weighted by Gasteiger charge is -2.25. The van der Waals surface area contributed by atoms with Crippen molar-refractivity contribution in [3.05, 3.63) is 47.3 Å². The summed E-state index contributed by atoms with van der Waals surface area (Å²) in [4.78, 5) is 21.4. The molecule has 0 spiro atoms. The highest BCUT2D eigenvalue weighted by Crippen LogP contribution is 2.30. The summed E-state index contributed by atoms with van der Waals surface area (Å²) in [6, 6.07) is 6.19. The third kappa shape index (κ3) is 3.89. The van der Waals surface area contributed by atoms with Crippen LogP contribution in [-0.4, -0.2) is 15.8 Å². The van der Waals surface area contributed by atoms with Crippen molar-refractivity contribution >= 4 is 5.78 Å². The fourth-order valence-corrected chi connectivity index (χ4v) is 3.49. The number of Topliss-reactive ketones (excluding diaryl/α,β-unsaturated/α-hetero) is 1. The molecule has 3 nitrogen and oxygen atoms in total. The van der Waals surface area contributed by atoms with Gasteiger partial charge in [-0.3, -0.25) is 4.79 Å². The van der Waals surface area contributed by atoms with E-state index in [1.807, 2.05) is 25.4 Å². The Morgan fingerprint density at radius 2 is 1.75 bits per heavy atom. The minimum atomic E-state index is 0.265. The minimum Gasteiger partial charge on any atom is -0.299 e. The number of carbonyl (C=O) groups excluding carboxylic acids is 1. The highest BCUT2D eigenvalue weighted by atomic mass is 16.1. The molecule has 0 aliphatic heterocycles. The van der Waals surface area contributed by atoms with Crippen LogP contribution in [0, 0.1) is 25.7 Å². The van der Waals surface area contributed by atoms with Crippen LogP contribution in [0.1, 0.15) is 49.3 Å². The Balaban J connectivity index is 1.71. The highest BCUT2D eigenvalue weighted by Gasteiger charge is 2.24. The summed E-state index contributed by atoms with van der Waals surface area (Å²) in [5.41, 5.74) is 4.35. The Bertz CT molecular complexity index is 713. The first-order valence-corrected chi connectivity index (χ1v) is 8.94. The summed E-state index contributed by atoms with van der Waals surface area (Å²) >= 11 is 0. The molecule has 2 aromatic rings. The number of rotatable bonds is 4. The van der Waals surface area contributed by atoms with E-state index in [0.717, 1.165) is 46.8 Å². The molecule has 1 aromatic carbocycles. The van der Waals surface area contributed by atoms with E-state index in [4.69, 9.17) is 0 Å². The van der Waals surface area contributed by atoms with Gasteiger partial charge < -0.3 is 0 Å². The Morgan fingerprint density at radius 1 is 1.08 bits per heavy atom. The summed E-state index contributed by atoms with van der Waals surface area (Å²) in [6.45, 7) is 6.34. The third-order valence-electron chi connectivity index (χ3n) is 5.22. The molecule has 1 saturated carbocycles. The zero-order valence-electron chi connectivity index (χ0n) is 14.9. The minimum absolute atomic E-state index is 0.265. The topological polar surface area (TPSA) is 42.9 Å². The van der Waals surface area contributed by atoms with E-state index in [2.05, 4.69) is 35.9 Å². The highest BCUT2D eigenvalue weighted by molar-refractivity contribution is 5.83. The lowest BCUT2D eigenvalue weighted by Crippen LogP contribution is -2.22. The van der Waals surface area contributed by atoms with Gasteiger partial charge in [-0.15, -0.1) is 0 Å². The van der Waals surface area contributed by atoms with E-state index in [-0.39, 0.29) is 5.92 Å². The van der Waals surface area contributed by atoms with E-state index in [9.17, 15) is 4.79 Å². The molecule has 0 bridgehead atoms. The number of hydrogen-bond acceptors (Lipinski definition) is 3. The first-order valence-electron chi connectivity index (χ1n) is 8.94. The summed E-state index contributed by atoms with van der Waals surface area (Å²) in [5.74, 6) is 2.19. The van der Waals surface area contributed by atoms with Crippen molar-refractivity contribution in [1.29, 1.82) is 0 Å². The van der Waals surface area contributed by atoms with Crippen LogP contribution in [0.4, 0.5) is 0 Å². The molecular formula is C21H26N2O. The molecule has 0 amide bonds. The molecule has 0 radical (unpaired) electrons. The van der Waals surface area contributed by atoms with Gasteiger partial charge >= 0.3 is 0 Å². The maximum atomic E-state index is 12.6. The molecule has 1 aromatic heterocycles. The number of hydrogen-bond donors (Lipinski definition) is 0. The average Bonchev–Trinajstić information content (AvgIpc) is 2.58. The quantitative estimate of drug-likeness (QED) is 0.819. The molecule has 0 atom stereocenters. The first-order chi connectivity index (χ1) is 11.5. The first kappa shape index (κ1) is 16.8. The summed E-state index contributed by atoms with van der Waals surface area (Å²) in [6.07, 6.45) is 8.74. The molecule has 0 N–H and O–H groups in total. The van der Waals surface area contributed by atoms with Crippen LogP contribution in [0.15, 0.2) is 30.6 Å². The number of aryl methyl sites for hydroxylation is 2. The number of carbonyl (C=O) groups is 1. The van der Waals surface area contributed by atoms with Crippen molar-refractivity contribution in [2.75, 3.05) is 0 Å². The largest absolute Gasteiger partial charge is 0.299 e. The van der Waals surface area contributed by atoms with Crippen LogP contribution in [0.2, 0.25) is 0 Å². The van der Waals surface area contributed by atoms with Crippen LogP contribution in [-0.2, 0) is 11.2 Å². The number of aromatic nitrogens is 2. The van der Waals surface area contributed by atoms with Gasteiger partial charge in [-0.25, -0.2) is 9.97 Å². The molecule has 0 saturated heterocycles. The predicted molar refractivity (Wildman–Crippen MR) is 96.8 cm³/mol. The SMILES string of the molecule is Cc1cnc(-c2ccc(CC(=O)C3CCC(C)CC3)c(C)c2)nc1. The van der Waals surface area contributed by atoms with E-state index in [1.165, 1.54) is 12.8 Å². The van der Waals surface area contributed by atoms with Gasteiger partial charge in [0.1, 0.15) is 5.78 Å². The second kappa shape index (κ2) is 7.25. The third-order valence-corrected chi connectivity index (χ3v) is 5.22. The number of benzene rings is 1. The average molecular weight is 322 g/mol. The molecule has 1 aliphatic rings. The van der Waals surface area contributed by atoms with Crippen LogP contribution >= 0.6 is 0 Å². The van der Waals surface area contributed by atoms with Gasteiger partial charge in [0.05, 0.1) is 0 Å². The molecule has 1 heterocycles. The van der Waals surface area contributed by atoms with E-state index < -0.39 is 0 Å². The fourth-order valence-electron chi connectivity index (χ4n) is 3.49. The number of ketones is 1. The molecule has 24 heavy (non-hydrogen) atoms. The molecular weight excluding hydrogens is 296 g/mol. The van der Waals surface area contributed by atoms with E-state index in [1.54, 1.807) is 0 Å². The van der Waals surface area contributed by atoms with Crippen molar-refractivity contribution < 1.29 is 4.79 Å². The smallest absolute Gasteiger partial charge is 0.159 e. The molecule has 3 heteroatoms. The summed E-state index contributed by atoms with van der Waals surface area (Å²) in [5, 5.41) is 0. The molecule has 0 unspecified atom stereocenters. The predicted octanol–water partition coefficient (Wildman–Crippen LogP) is 4.70. The second-order valence-corrected chi connectivity index (χ2v) is 7.33. The van der Waals surface area contributed by atoms with Crippen LogP contribution in [0.3, 0.4) is 0 Å². The van der Waals surface area contributed by atoms with Gasteiger partial charge in [-0.2, -0.15) is 0 Å². The van der Waals surface area contributed by atoms with Gasteiger partial charge in [-0.05, 0) is 55.4 Å². The maximum absolute atomic E-state index is 12.6. The maximum Gasteiger partial charge on any atom is 0.159 e. The van der Waals surface area contributed by atoms with Gasteiger partial charge in [0.25, 0.3) is 0 Å². The lowest BCUT2D eigenvalue weighted by atomic mass is 9.79. The van der Waals surface area contributed by atoms with E-state index >= 15 is 0 Å². The van der Waals surface area contributed by atoms with Crippen LogP contribution in [0.25, 0.3) is 11.4 Å². The van der Waals surface area contributed by atoms with Crippen LogP contribution < -0.4 is 0 Å². The van der Waals surface area contributed by atoms with Crippen molar-refractivity contribution in [2.45, 2.75) is 52.9 Å². The zero-order chi connectivity index (χ0) is 17.1. The Labute approximate surface area is 144 Å². The van der Waals surface area contributed by atoms with Gasteiger partial charge in [0.15, 0.2) is 5.82 Å². The van der Waals surface area contributed by atoms with Crippen LogP contribution in [0.5, 0.6) is 0 Å². The molecule has 1 fully saturated rings. The number of nitrogens with zero attached hydrogens (tertiary/aromatic N) is 2. The Kier molecular flexibility index (Phi) is 5.08. The van der Waals surface area contributed by atoms with Crippen molar-refractivity contribution in [3.8, 4) is 11.4 Å². The van der Waals surface area contributed by atoms with E-state index in [0.29, 0.717) is 12.2 Å². The fraction of sp³-hybridized carbons (Fsp3) is 0.476. The van der Waals surface area contributed by atoms with Crippen molar-refractivity contribution in [3.63, 3.8) is 0 Å². The van der Waals surface area contributed by atoms with Crippen molar-refractivity contribution in [1.82, 2.24) is 9.97 Å². The zero-order valence-corrected chi connectivity index (χ0v) is 14.9. The molecule has 1 aliphatic carbocycles. The van der Waals surface area contributed by atoms with Crippen molar-refractivity contribution in [2.24, 2.45) is 11.8 Å². The standard InChI is InChI=1S/C21H26N2O/c1-14-4-6-17(7-5-14)20(24)11-18-8-9-19(10-16(18)3)21-22-12-15(2)13-23-21/h8-10,12-14,17H,4-7,11H2,1-3H3. The normalized spacial score (nSPS) is 20.8. The monoisotopic (exact) mass is 322 g/mol. The summed E-state index contributed by atoms with van der Waals surface area (Å²) in [7, 11) is 0. The van der Waals surface area contributed by atoms with Gasteiger partial charge in [-0.1, -0.05) is 31.9 Å². The lowest BCUT2D eigenvalue weighted by molar-refractivity contribution is -0.123. The Morgan fingerprint density at radius 3 is 2.38 bits per heavy atom. The Hall–Kier alpha value is -2.03. The summed E-state index contributed by atoms with van der Waals surface area (Å²) < 4.78 is 0. The van der Waals surface area contributed by atoms with Gasteiger partial charge in [0.2, 0.25) is 0 Å². The molecule has 126 valence electrons. The second-order valence-electron chi connectivity index (χ2n) is 7.33.